The van der Waals surface area contributed by atoms with E-state index in [4.69, 9.17) is 10.5 Å². The third-order valence-electron chi connectivity index (χ3n) is 7.67. The van der Waals surface area contributed by atoms with E-state index in [-0.39, 0.29) is 12.4 Å². The molecule has 1 fully saturated rings. The second-order valence-electron chi connectivity index (χ2n) is 9.96. The number of aryl methyl sites for hydroxylation is 1. The van der Waals surface area contributed by atoms with Gasteiger partial charge in [-0.2, -0.15) is 0 Å². The Bertz CT molecular complexity index is 1130. The number of anilines is 2. The van der Waals surface area contributed by atoms with Gasteiger partial charge >= 0.3 is 0 Å². The summed E-state index contributed by atoms with van der Waals surface area (Å²) in [7, 11) is 1.72. The zero-order chi connectivity index (χ0) is 24.9. The molecule has 8 heteroatoms. The fraction of sp³-hybridized carbons (Fsp3) is 0.483. The van der Waals surface area contributed by atoms with E-state index in [0.29, 0.717) is 6.04 Å². The normalized spacial score (nSPS) is 17.9. The summed E-state index contributed by atoms with van der Waals surface area (Å²) in [5.41, 5.74) is 11.0. The van der Waals surface area contributed by atoms with Crippen LogP contribution < -0.4 is 15.4 Å². The largest absolute Gasteiger partial charge is 0.497 e. The lowest BCUT2D eigenvalue weighted by atomic mass is 9.96. The molecule has 1 aliphatic heterocycles. The van der Waals surface area contributed by atoms with Crippen molar-refractivity contribution in [1.82, 2.24) is 14.8 Å². The summed E-state index contributed by atoms with van der Waals surface area (Å²) in [4.78, 5) is 13.8. The summed E-state index contributed by atoms with van der Waals surface area (Å²) in [5, 5.41) is 0.732. The second kappa shape index (κ2) is 13.0. The van der Waals surface area contributed by atoms with Gasteiger partial charge in [0, 0.05) is 55.9 Å². The number of aromatic nitrogens is 1. The van der Waals surface area contributed by atoms with E-state index in [2.05, 4.69) is 63.0 Å². The molecular formula is C29H40ClN5OS. The predicted octanol–water partition coefficient (Wildman–Crippen LogP) is 5.21. The molecule has 3 aromatic rings. The van der Waals surface area contributed by atoms with E-state index < -0.39 is 0 Å². The Kier molecular flexibility index (Phi) is 9.71. The van der Waals surface area contributed by atoms with Gasteiger partial charge in [-0.05, 0) is 67.6 Å². The SMILES string of the molecule is CCCN(CCN1CCN(c2ccc(-c3cccc(OC)c3)cc2)CC1)[C@H]1CCc2nc(N)sc2C1.Cl. The Morgan fingerprint density at radius 2 is 1.84 bits per heavy atom. The number of methoxy groups -OCH3 is 1. The first-order valence-corrected chi connectivity index (χ1v) is 14.1. The molecule has 6 nitrogen and oxygen atoms in total. The molecule has 1 saturated heterocycles. The number of hydrogen-bond acceptors (Lipinski definition) is 7. The maximum absolute atomic E-state index is 5.97. The molecule has 0 saturated carbocycles. The van der Waals surface area contributed by atoms with Crippen molar-refractivity contribution in [2.75, 3.05) is 63.6 Å². The monoisotopic (exact) mass is 541 g/mol. The van der Waals surface area contributed by atoms with Crippen molar-refractivity contribution < 1.29 is 4.74 Å². The molecule has 2 aromatic carbocycles. The number of nitrogen functional groups attached to an aromatic ring is 1. The van der Waals surface area contributed by atoms with Crippen LogP contribution in [-0.4, -0.2) is 73.7 Å². The van der Waals surface area contributed by atoms with Crippen LogP contribution in [-0.2, 0) is 12.8 Å². The highest BCUT2D eigenvalue weighted by Gasteiger charge is 2.27. The van der Waals surface area contributed by atoms with Crippen LogP contribution >= 0.6 is 23.7 Å². The first kappa shape index (κ1) is 27.7. The van der Waals surface area contributed by atoms with Crippen LogP contribution in [0.15, 0.2) is 48.5 Å². The predicted molar refractivity (Wildman–Crippen MR) is 159 cm³/mol. The second-order valence-corrected chi connectivity index (χ2v) is 11.1. The minimum absolute atomic E-state index is 0. The standard InChI is InChI=1S/C29H39N5OS.ClH/c1-3-13-33(25-11-12-27-28(21-25)36-29(30)31-27)17-14-32-15-18-34(19-16-32)24-9-7-22(8-10-24)23-5-4-6-26(20-23)35-2;/h4-10,20,25H,3,11-19,21H2,1-2H3,(H2,30,31);1H/t25-;/m0./s1. The summed E-state index contributed by atoms with van der Waals surface area (Å²) in [5.74, 6) is 0.895. The van der Waals surface area contributed by atoms with Gasteiger partial charge in [-0.3, -0.25) is 9.80 Å². The van der Waals surface area contributed by atoms with Crippen LogP contribution in [0.3, 0.4) is 0 Å². The molecule has 0 spiro atoms. The molecule has 5 rings (SSSR count). The minimum Gasteiger partial charge on any atom is -0.497 e. The Morgan fingerprint density at radius 1 is 1.05 bits per heavy atom. The summed E-state index contributed by atoms with van der Waals surface area (Å²) in [6.07, 6.45) is 4.59. The molecule has 1 aromatic heterocycles. The van der Waals surface area contributed by atoms with E-state index in [9.17, 15) is 0 Å². The average molecular weight is 542 g/mol. The van der Waals surface area contributed by atoms with E-state index >= 15 is 0 Å². The van der Waals surface area contributed by atoms with Gasteiger partial charge in [0.05, 0.1) is 12.8 Å². The molecule has 0 radical (unpaired) electrons. The molecule has 1 atom stereocenters. The molecule has 1 aliphatic carbocycles. The third-order valence-corrected chi connectivity index (χ3v) is 8.62. The van der Waals surface area contributed by atoms with Gasteiger partial charge < -0.3 is 15.4 Å². The van der Waals surface area contributed by atoms with Crippen molar-refractivity contribution in [3.8, 4) is 16.9 Å². The van der Waals surface area contributed by atoms with Crippen LogP contribution in [0.4, 0.5) is 10.8 Å². The molecule has 37 heavy (non-hydrogen) atoms. The van der Waals surface area contributed by atoms with Crippen LogP contribution in [0.2, 0.25) is 0 Å². The van der Waals surface area contributed by atoms with Crippen molar-refractivity contribution >= 4 is 34.6 Å². The lowest BCUT2D eigenvalue weighted by Crippen LogP contribution is -2.50. The molecule has 2 N–H and O–H groups in total. The number of rotatable bonds is 9. The highest BCUT2D eigenvalue weighted by atomic mass is 35.5. The molecule has 0 bridgehead atoms. The number of nitrogens with two attached hydrogens (primary N) is 1. The molecule has 200 valence electrons. The first-order valence-electron chi connectivity index (χ1n) is 13.3. The van der Waals surface area contributed by atoms with E-state index in [1.165, 1.54) is 46.8 Å². The van der Waals surface area contributed by atoms with Gasteiger partial charge in [-0.1, -0.05) is 31.2 Å². The average Bonchev–Trinajstić information content (AvgIpc) is 3.30. The topological polar surface area (TPSA) is 57.9 Å². The van der Waals surface area contributed by atoms with Gasteiger partial charge in [0.25, 0.3) is 0 Å². The van der Waals surface area contributed by atoms with E-state index in [0.717, 1.165) is 63.0 Å². The maximum atomic E-state index is 5.97. The lowest BCUT2D eigenvalue weighted by molar-refractivity contribution is 0.146. The van der Waals surface area contributed by atoms with Crippen molar-refractivity contribution in [2.24, 2.45) is 0 Å². The number of ether oxygens (including phenoxy) is 1. The van der Waals surface area contributed by atoms with Crippen LogP contribution in [0, 0.1) is 0 Å². The number of nitrogens with zero attached hydrogens (tertiary/aromatic N) is 4. The summed E-state index contributed by atoms with van der Waals surface area (Å²) in [6, 6.07) is 17.9. The Labute approximate surface area is 231 Å². The minimum atomic E-state index is 0. The van der Waals surface area contributed by atoms with Gasteiger partial charge in [0.15, 0.2) is 5.13 Å². The Balaban J connectivity index is 0.00000320. The molecular weight excluding hydrogens is 502 g/mol. The Morgan fingerprint density at radius 3 is 2.57 bits per heavy atom. The zero-order valence-corrected chi connectivity index (χ0v) is 23.7. The highest BCUT2D eigenvalue weighted by Crippen LogP contribution is 2.30. The maximum Gasteiger partial charge on any atom is 0.180 e. The summed E-state index contributed by atoms with van der Waals surface area (Å²) >= 11 is 1.69. The lowest BCUT2D eigenvalue weighted by Gasteiger charge is -2.39. The fourth-order valence-corrected chi connectivity index (χ4v) is 6.57. The molecule has 0 unspecified atom stereocenters. The quantitative estimate of drug-likeness (QED) is 0.401. The number of hydrogen-bond donors (Lipinski definition) is 1. The van der Waals surface area contributed by atoms with Gasteiger partial charge in [-0.15, -0.1) is 23.7 Å². The van der Waals surface area contributed by atoms with Crippen LogP contribution in [0.5, 0.6) is 5.75 Å². The number of fused-ring (bicyclic) bond motifs is 1. The Hall–Kier alpha value is -2.32. The first-order chi connectivity index (χ1) is 17.6. The molecule has 2 aliphatic rings. The number of halogens is 1. The van der Waals surface area contributed by atoms with Crippen molar-refractivity contribution in [1.29, 1.82) is 0 Å². The fourth-order valence-electron chi connectivity index (χ4n) is 5.62. The third kappa shape index (κ3) is 6.77. The van der Waals surface area contributed by atoms with Crippen molar-refractivity contribution in [2.45, 2.75) is 38.6 Å². The van der Waals surface area contributed by atoms with Crippen molar-refractivity contribution in [3.63, 3.8) is 0 Å². The summed E-state index contributed by atoms with van der Waals surface area (Å²) < 4.78 is 5.38. The van der Waals surface area contributed by atoms with Gasteiger partial charge in [-0.25, -0.2) is 4.98 Å². The van der Waals surface area contributed by atoms with Crippen LogP contribution in [0.25, 0.3) is 11.1 Å². The van der Waals surface area contributed by atoms with Crippen molar-refractivity contribution in [3.05, 3.63) is 59.1 Å². The smallest absolute Gasteiger partial charge is 0.180 e. The van der Waals surface area contributed by atoms with Gasteiger partial charge in [0.2, 0.25) is 0 Å². The van der Waals surface area contributed by atoms with Gasteiger partial charge in [0.1, 0.15) is 5.75 Å². The summed E-state index contributed by atoms with van der Waals surface area (Å²) in [6.45, 7) is 10.2. The van der Waals surface area contributed by atoms with E-state index in [1.54, 1.807) is 18.4 Å². The number of piperazine rings is 1. The van der Waals surface area contributed by atoms with E-state index in [1.807, 2.05) is 12.1 Å². The number of benzene rings is 2. The van der Waals surface area contributed by atoms with Crippen LogP contribution in [0.1, 0.15) is 30.3 Å². The molecule has 0 amide bonds. The highest BCUT2D eigenvalue weighted by molar-refractivity contribution is 7.15. The molecule has 2 heterocycles. The number of thiazole rings is 1. The zero-order valence-electron chi connectivity index (χ0n) is 22.1.